The van der Waals surface area contributed by atoms with Crippen LogP contribution in [0.1, 0.15) is 32.1 Å². The largest absolute Gasteiger partial charge is 0.481 e. The Morgan fingerprint density at radius 1 is 1.31 bits per heavy atom. The first-order chi connectivity index (χ1) is 7.68. The lowest BCUT2D eigenvalue weighted by Gasteiger charge is -2.26. The lowest BCUT2D eigenvalue weighted by molar-refractivity contribution is -0.140. The van der Waals surface area contributed by atoms with Crippen molar-refractivity contribution in [1.82, 2.24) is 10.2 Å². The molecule has 2 aliphatic rings. The number of hydrogen-bond acceptors (Lipinski definition) is 3. The zero-order chi connectivity index (χ0) is 11.5. The number of carbonyl (C=O) groups excluding carboxylic acids is 1. The van der Waals surface area contributed by atoms with Crippen LogP contribution in [0.25, 0.3) is 0 Å². The molecule has 2 aliphatic heterocycles. The Balaban J connectivity index is 1.95. The maximum Gasteiger partial charge on any atom is 0.305 e. The number of carboxylic acids is 1. The number of nitrogens with zero attached hydrogens (tertiary/aromatic N) is 1. The number of amides is 1. The number of likely N-dealkylation sites (tertiary alicyclic amines) is 1. The van der Waals surface area contributed by atoms with Crippen LogP contribution in [-0.4, -0.2) is 47.1 Å². The Morgan fingerprint density at radius 3 is 2.75 bits per heavy atom. The van der Waals surface area contributed by atoms with Gasteiger partial charge in [-0.25, -0.2) is 0 Å². The fraction of sp³-hybridized carbons (Fsp3) is 0.818. The van der Waals surface area contributed by atoms with Crippen molar-refractivity contribution in [2.75, 3.05) is 13.1 Å². The second-order valence-electron chi connectivity index (χ2n) is 4.57. The van der Waals surface area contributed by atoms with Gasteiger partial charge in [0, 0.05) is 12.6 Å². The third kappa shape index (κ3) is 2.35. The molecular weight excluding hydrogens is 208 g/mol. The number of aliphatic carboxylic acids is 1. The second-order valence-corrected chi connectivity index (χ2v) is 4.57. The van der Waals surface area contributed by atoms with Crippen LogP contribution in [0.15, 0.2) is 0 Å². The van der Waals surface area contributed by atoms with Crippen LogP contribution in [0, 0.1) is 0 Å². The van der Waals surface area contributed by atoms with E-state index in [1.165, 1.54) is 0 Å². The van der Waals surface area contributed by atoms with Gasteiger partial charge >= 0.3 is 5.97 Å². The fourth-order valence-corrected chi connectivity index (χ4v) is 2.64. The smallest absolute Gasteiger partial charge is 0.305 e. The summed E-state index contributed by atoms with van der Waals surface area (Å²) in [5.41, 5.74) is 0. The molecule has 0 aromatic carbocycles. The summed E-state index contributed by atoms with van der Waals surface area (Å²) in [6.07, 6.45) is 3.75. The predicted octanol–water partition coefficient (Wildman–Crippen LogP) is 0.204. The molecule has 2 fully saturated rings. The van der Waals surface area contributed by atoms with Crippen molar-refractivity contribution in [2.45, 2.75) is 44.2 Å². The Hall–Kier alpha value is -1.10. The molecule has 2 heterocycles. The molecule has 0 aliphatic carbocycles. The van der Waals surface area contributed by atoms with Crippen LogP contribution in [0.2, 0.25) is 0 Å². The minimum absolute atomic E-state index is 0.0746. The van der Waals surface area contributed by atoms with Gasteiger partial charge in [-0.1, -0.05) is 0 Å². The van der Waals surface area contributed by atoms with Crippen LogP contribution in [0.3, 0.4) is 0 Å². The Morgan fingerprint density at radius 2 is 2.12 bits per heavy atom. The highest BCUT2D eigenvalue weighted by molar-refractivity contribution is 5.83. The number of rotatable bonds is 3. The molecule has 16 heavy (non-hydrogen) atoms. The van der Waals surface area contributed by atoms with Crippen molar-refractivity contribution < 1.29 is 14.7 Å². The molecule has 5 heteroatoms. The Kier molecular flexibility index (Phi) is 3.43. The summed E-state index contributed by atoms with van der Waals surface area (Å²) in [5, 5.41) is 12.0. The van der Waals surface area contributed by atoms with Crippen molar-refractivity contribution in [3.8, 4) is 0 Å². The first-order valence-electron chi connectivity index (χ1n) is 5.94. The second kappa shape index (κ2) is 4.82. The normalized spacial score (nSPS) is 29.6. The summed E-state index contributed by atoms with van der Waals surface area (Å²) in [5.74, 6) is -0.717. The average molecular weight is 226 g/mol. The summed E-state index contributed by atoms with van der Waals surface area (Å²) in [7, 11) is 0. The minimum atomic E-state index is -0.816. The van der Waals surface area contributed by atoms with Gasteiger partial charge in [-0.2, -0.15) is 0 Å². The van der Waals surface area contributed by atoms with Gasteiger partial charge in [-0.3, -0.25) is 9.59 Å². The van der Waals surface area contributed by atoms with E-state index in [1.54, 1.807) is 4.90 Å². The van der Waals surface area contributed by atoms with Gasteiger partial charge in [0.25, 0.3) is 0 Å². The molecule has 2 unspecified atom stereocenters. The quantitative estimate of drug-likeness (QED) is 0.721. The molecule has 1 amide bonds. The molecule has 2 atom stereocenters. The van der Waals surface area contributed by atoms with Crippen LogP contribution < -0.4 is 5.32 Å². The minimum Gasteiger partial charge on any atom is -0.481 e. The number of hydrogen-bond donors (Lipinski definition) is 2. The lowest BCUT2D eigenvalue weighted by atomic mass is 10.1. The molecule has 0 bridgehead atoms. The predicted molar refractivity (Wildman–Crippen MR) is 58.0 cm³/mol. The first kappa shape index (κ1) is 11.4. The van der Waals surface area contributed by atoms with Gasteiger partial charge in [0.1, 0.15) is 0 Å². The van der Waals surface area contributed by atoms with E-state index in [2.05, 4.69) is 5.32 Å². The molecular formula is C11H18N2O3. The maximum atomic E-state index is 12.1. The fourth-order valence-electron chi connectivity index (χ4n) is 2.64. The summed E-state index contributed by atoms with van der Waals surface area (Å²) in [4.78, 5) is 24.6. The highest BCUT2D eigenvalue weighted by Gasteiger charge is 2.34. The highest BCUT2D eigenvalue weighted by atomic mass is 16.4. The highest BCUT2D eigenvalue weighted by Crippen LogP contribution is 2.22. The molecule has 0 spiro atoms. The van der Waals surface area contributed by atoms with Crippen LogP contribution in [0.4, 0.5) is 0 Å². The van der Waals surface area contributed by atoms with E-state index in [0.29, 0.717) is 0 Å². The Labute approximate surface area is 94.8 Å². The molecule has 5 nitrogen and oxygen atoms in total. The third-order valence-corrected chi connectivity index (χ3v) is 3.43. The summed E-state index contributed by atoms with van der Waals surface area (Å²) in [6.45, 7) is 1.61. The van der Waals surface area contributed by atoms with E-state index in [0.717, 1.165) is 38.8 Å². The Bertz CT molecular complexity index is 287. The third-order valence-electron chi connectivity index (χ3n) is 3.43. The van der Waals surface area contributed by atoms with E-state index >= 15 is 0 Å². The SMILES string of the molecule is O=C(O)CC1CCCN1C(=O)C1CCCN1. The van der Waals surface area contributed by atoms with Crippen molar-refractivity contribution in [2.24, 2.45) is 0 Å². The lowest BCUT2D eigenvalue weighted by Crippen LogP contribution is -2.46. The zero-order valence-electron chi connectivity index (χ0n) is 9.32. The molecule has 0 radical (unpaired) electrons. The number of carboxylic acid groups (broad SMARTS) is 1. The van der Waals surface area contributed by atoms with E-state index in [-0.39, 0.29) is 24.4 Å². The maximum absolute atomic E-state index is 12.1. The van der Waals surface area contributed by atoms with E-state index < -0.39 is 5.97 Å². The molecule has 0 aromatic heterocycles. The van der Waals surface area contributed by atoms with Crippen LogP contribution in [-0.2, 0) is 9.59 Å². The average Bonchev–Trinajstić information content (AvgIpc) is 2.84. The molecule has 90 valence electrons. The summed E-state index contributed by atoms with van der Waals surface area (Å²) in [6, 6.07) is -0.165. The van der Waals surface area contributed by atoms with Crippen molar-refractivity contribution >= 4 is 11.9 Å². The van der Waals surface area contributed by atoms with E-state index in [9.17, 15) is 9.59 Å². The first-order valence-corrected chi connectivity index (χ1v) is 5.94. The van der Waals surface area contributed by atoms with Crippen LogP contribution in [0.5, 0.6) is 0 Å². The van der Waals surface area contributed by atoms with E-state index in [1.807, 2.05) is 0 Å². The molecule has 2 saturated heterocycles. The zero-order valence-corrected chi connectivity index (χ0v) is 9.32. The monoisotopic (exact) mass is 226 g/mol. The van der Waals surface area contributed by atoms with E-state index in [4.69, 9.17) is 5.11 Å². The van der Waals surface area contributed by atoms with Gasteiger partial charge in [0.05, 0.1) is 12.5 Å². The number of carbonyl (C=O) groups is 2. The van der Waals surface area contributed by atoms with Gasteiger partial charge in [-0.05, 0) is 32.2 Å². The number of nitrogens with one attached hydrogen (secondary N) is 1. The topological polar surface area (TPSA) is 69.6 Å². The van der Waals surface area contributed by atoms with Crippen molar-refractivity contribution in [3.05, 3.63) is 0 Å². The van der Waals surface area contributed by atoms with Gasteiger partial charge in [0.2, 0.25) is 5.91 Å². The standard InChI is InChI=1S/C11H18N2O3/c14-10(15)7-8-3-2-6-13(8)11(16)9-4-1-5-12-9/h8-9,12H,1-7H2,(H,14,15). The molecule has 0 aromatic rings. The summed E-state index contributed by atoms with van der Waals surface area (Å²) < 4.78 is 0. The molecule has 2 rings (SSSR count). The molecule has 2 N–H and O–H groups in total. The summed E-state index contributed by atoms with van der Waals surface area (Å²) >= 11 is 0. The molecule has 0 saturated carbocycles. The van der Waals surface area contributed by atoms with Crippen molar-refractivity contribution in [3.63, 3.8) is 0 Å². The van der Waals surface area contributed by atoms with Crippen molar-refractivity contribution in [1.29, 1.82) is 0 Å². The van der Waals surface area contributed by atoms with Crippen LogP contribution >= 0.6 is 0 Å². The van der Waals surface area contributed by atoms with Gasteiger partial charge in [0.15, 0.2) is 0 Å². The van der Waals surface area contributed by atoms with Gasteiger partial charge in [-0.15, -0.1) is 0 Å². The van der Waals surface area contributed by atoms with Gasteiger partial charge < -0.3 is 15.3 Å².